The number of halogens is 1. The highest BCUT2D eigenvalue weighted by Gasteiger charge is 2.36. The summed E-state index contributed by atoms with van der Waals surface area (Å²) in [6.45, 7) is 0.863. The Bertz CT molecular complexity index is 218. The molecule has 1 rings (SSSR count). The quantitative estimate of drug-likeness (QED) is 0.446. The molecule has 1 aliphatic rings. The van der Waals surface area contributed by atoms with Gasteiger partial charge in [-0.2, -0.15) is 0 Å². The number of rotatable bonds is 3. The average molecular weight is 174 g/mol. The second-order valence-corrected chi connectivity index (χ2v) is 3.15. The van der Waals surface area contributed by atoms with Crippen LogP contribution >= 0.6 is 0 Å². The van der Waals surface area contributed by atoms with Crippen LogP contribution in [0.25, 0.3) is 0 Å². The SMILES string of the molecule is CC(N)(F)C(=O)C(=O)NC1CC1. The van der Waals surface area contributed by atoms with Crippen LogP contribution in [0.2, 0.25) is 0 Å². The second kappa shape index (κ2) is 2.82. The largest absolute Gasteiger partial charge is 0.347 e. The molecule has 1 atom stereocenters. The predicted molar refractivity (Wildman–Crippen MR) is 39.9 cm³/mol. The van der Waals surface area contributed by atoms with Crippen molar-refractivity contribution in [1.29, 1.82) is 0 Å². The topological polar surface area (TPSA) is 72.2 Å². The van der Waals surface area contributed by atoms with Crippen LogP contribution in [0, 0.1) is 0 Å². The van der Waals surface area contributed by atoms with Crippen LogP contribution < -0.4 is 11.1 Å². The zero-order valence-electron chi connectivity index (χ0n) is 6.76. The summed E-state index contributed by atoms with van der Waals surface area (Å²) in [5, 5.41) is 2.35. The summed E-state index contributed by atoms with van der Waals surface area (Å²) in [6.07, 6.45) is 1.71. The van der Waals surface area contributed by atoms with E-state index in [4.69, 9.17) is 5.73 Å². The first-order valence-corrected chi connectivity index (χ1v) is 3.74. The molecule has 0 heterocycles. The first-order chi connectivity index (χ1) is 5.41. The zero-order chi connectivity index (χ0) is 9.35. The molecule has 0 radical (unpaired) electrons. The minimum absolute atomic E-state index is 0.0452. The molecule has 0 saturated heterocycles. The Hall–Kier alpha value is -0.970. The Morgan fingerprint density at radius 1 is 1.58 bits per heavy atom. The third-order valence-corrected chi connectivity index (χ3v) is 1.56. The standard InChI is InChI=1S/C7H11FN2O2/c1-7(8,9)5(11)6(12)10-4-2-3-4/h4H,2-3,9H2,1H3,(H,10,12). The van der Waals surface area contributed by atoms with E-state index in [9.17, 15) is 14.0 Å². The minimum Gasteiger partial charge on any atom is -0.347 e. The lowest BCUT2D eigenvalue weighted by Gasteiger charge is -2.11. The maximum atomic E-state index is 12.7. The Labute approximate surface area is 69.3 Å². The van der Waals surface area contributed by atoms with Crippen molar-refractivity contribution in [2.24, 2.45) is 5.73 Å². The number of ketones is 1. The van der Waals surface area contributed by atoms with Gasteiger partial charge in [0.05, 0.1) is 0 Å². The molecule has 1 fully saturated rings. The van der Waals surface area contributed by atoms with Crippen molar-refractivity contribution in [3.05, 3.63) is 0 Å². The number of carbonyl (C=O) groups excluding carboxylic acids is 2. The fourth-order valence-corrected chi connectivity index (χ4v) is 0.701. The molecular weight excluding hydrogens is 163 g/mol. The first-order valence-electron chi connectivity index (χ1n) is 3.74. The third kappa shape index (κ3) is 2.27. The summed E-state index contributed by atoms with van der Waals surface area (Å²) in [7, 11) is 0. The summed E-state index contributed by atoms with van der Waals surface area (Å²) >= 11 is 0. The molecule has 0 aliphatic heterocycles. The van der Waals surface area contributed by atoms with Gasteiger partial charge in [-0.25, -0.2) is 4.39 Å². The van der Waals surface area contributed by atoms with Crippen molar-refractivity contribution in [2.75, 3.05) is 0 Å². The Balaban J connectivity index is 2.45. The summed E-state index contributed by atoms with van der Waals surface area (Å²) < 4.78 is 12.7. The van der Waals surface area contributed by atoms with E-state index in [2.05, 4.69) is 5.32 Å². The number of Topliss-reactive ketones (excluding diaryl/α,β-unsaturated/α-hetero) is 1. The van der Waals surface area contributed by atoms with Gasteiger partial charge >= 0.3 is 0 Å². The fourth-order valence-electron chi connectivity index (χ4n) is 0.701. The summed E-state index contributed by atoms with van der Waals surface area (Å²) in [5.41, 5.74) is 4.80. The Morgan fingerprint density at radius 3 is 2.42 bits per heavy atom. The van der Waals surface area contributed by atoms with Crippen molar-refractivity contribution in [1.82, 2.24) is 5.32 Å². The van der Waals surface area contributed by atoms with E-state index in [0.29, 0.717) is 0 Å². The van der Waals surface area contributed by atoms with Gasteiger partial charge in [-0.3, -0.25) is 15.3 Å². The number of alkyl halides is 1. The molecule has 68 valence electrons. The van der Waals surface area contributed by atoms with Gasteiger partial charge in [0.15, 0.2) is 0 Å². The summed E-state index contributed by atoms with van der Waals surface area (Å²) in [5.74, 6) is -4.70. The van der Waals surface area contributed by atoms with Crippen molar-refractivity contribution >= 4 is 11.7 Å². The molecule has 0 bridgehead atoms. The van der Waals surface area contributed by atoms with E-state index in [-0.39, 0.29) is 6.04 Å². The molecule has 0 aromatic rings. The number of hydrogen-bond donors (Lipinski definition) is 2. The third-order valence-electron chi connectivity index (χ3n) is 1.56. The second-order valence-electron chi connectivity index (χ2n) is 3.15. The number of hydrogen-bond acceptors (Lipinski definition) is 3. The van der Waals surface area contributed by atoms with Crippen LogP contribution in [0.3, 0.4) is 0 Å². The Morgan fingerprint density at radius 2 is 2.08 bits per heavy atom. The molecule has 0 aromatic carbocycles. The molecule has 1 saturated carbocycles. The molecule has 0 spiro atoms. The van der Waals surface area contributed by atoms with Gasteiger partial charge in [0.25, 0.3) is 11.7 Å². The molecule has 5 heteroatoms. The van der Waals surface area contributed by atoms with Gasteiger partial charge in [0.1, 0.15) is 0 Å². The van der Waals surface area contributed by atoms with Crippen LogP contribution in [0.15, 0.2) is 0 Å². The molecular formula is C7H11FN2O2. The van der Waals surface area contributed by atoms with E-state index >= 15 is 0 Å². The van der Waals surface area contributed by atoms with Gasteiger partial charge in [-0.15, -0.1) is 0 Å². The summed E-state index contributed by atoms with van der Waals surface area (Å²) in [6, 6.07) is 0.0452. The van der Waals surface area contributed by atoms with Crippen LogP contribution in [0.1, 0.15) is 19.8 Å². The number of nitrogens with one attached hydrogen (secondary N) is 1. The first kappa shape index (κ1) is 9.12. The molecule has 3 N–H and O–H groups in total. The maximum Gasteiger partial charge on any atom is 0.292 e. The van der Waals surface area contributed by atoms with E-state index in [1.54, 1.807) is 0 Å². The zero-order valence-corrected chi connectivity index (χ0v) is 6.76. The van der Waals surface area contributed by atoms with Gasteiger partial charge in [-0.05, 0) is 19.8 Å². The van der Waals surface area contributed by atoms with Crippen LogP contribution in [0.5, 0.6) is 0 Å². The van der Waals surface area contributed by atoms with Gasteiger partial charge in [-0.1, -0.05) is 0 Å². The van der Waals surface area contributed by atoms with Crippen molar-refractivity contribution < 1.29 is 14.0 Å². The van der Waals surface area contributed by atoms with Gasteiger partial charge in [0.2, 0.25) is 5.79 Å². The van der Waals surface area contributed by atoms with Gasteiger partial charge < -0.3 is 5.32 Å². The van der Waals surface area contributed by atoms with E-state index in [1.165, 1.54) is 0 Å². The highest BCUT2D eigenvalue weighted by atomic mass is 19.1. The number of carbonyl (C=O) groups is 2. The van der Waals surface area contributed by atoms with Crippen LogP contribution in [-0.2, 0) is 9.59 Å². The monoisotopic (exact) mass is 174 g/mol. The fraction of sp³-hybridized carbons (Fsp3) is 0.714. The normalized spacial score (nSPS) is 21.2. The molecule has 12 heavy (non-hydrogen) atoms. The molecule has 1 amide bonds. The highest BCUT2D eigenvalue weighted by Crippen LogP contribution is 2.18. The lowest BCUT2D eigenvalue weighted by Crippen LogP contribution is -2.49. The van der Waals surface area contributed by atoms with E-state index in [1.807, 2.05) is 0 Å². The molecule has 0 aromatic heterocycles. The van der Waals surface area contributed by atoms with Crippen molar-refractivity contribution in [3.8, 4) is 0 Å². The van der Waals surface area contributed by atoms with E-state index in [0.717, 1.165) is 19.8 Å². The number of amides is 1. The smallest absolute Gasteiger partial charge is 0.292 e. The maximum absolute atomic E-state index is 12.7. The van der Waals surface area contributed by atoms with Crippen molar-refractivity contribution in [2.45, 2.75) is 31.6 Å². The minimum atomic E-state index is -2.56. The highest BCUT2D eigenvalue weighted by molar-refractivity contribution is 6.39. The lowest BCUT2D eigenvalue weighted by molar-refractivity contribution is -0.144. The molecule has 1 aliphatic carbocycles. The van der Waals surface area contributed by atoms with E-state index < -0.39 is 17.5 Å². The lowest BCUT2D eigenvalue weighted by atomic mass is 10.2. The van der Waals surface area contributed by atoms with Crippen molar-refractivity contribution in [3.63, 3.8) is 0 Å². The number of nitrogens with two attached hydrogens (primary N) is 1. The molecule has 1 unspecified atom stereocenters. The summed E-state index contributed by atoms with van der Waals surface area (Å²) in [4.78, 5) is 21.7. The average Bonchev–Trinajstić information content (AvgIpc) is 2.68. The predicted octanol–water partition coefficient (Wildman–Crippen LogP) is -0.522. The Kier molecular flexibility index (Phi) is 2.14. The van der Waals surface area contributed by atoms with Gasteiger partial charge in [0, 0.05) is 6.04 Å². The van der Waals surface area contributed by atoms with Crippen LogP contribution in [0.4, 0.5) is 4.39 Å². The molecule has 4 nitrogen and oxygen atoms in total. The van der Waals surface area contributed by atoms with Crippen LogP contribution in [-0.4, -0.2) is 23.5 Å².